The van der Waals surface area contributed by atoms with Crippen molar-refractivity contribution >= 4 is 17.9 Å². The molecule has 0 radical (unpaired) electrons. The predicted molar refractivity (Wildman–Crippen MR) is 88.4 cm³/mol. The monoisotopic (exact) mass is 310 g/mol. The van der Waals surface area contributed by atoms with Crippen molar-refractivity contribution in [3.63, 3.8) is 0 Å². The minimum atomic E-state index is -0.199. The van der Waals surface area contributed by atoms with Gasteiger partial charge in [0.25, 0.3) is 0 Å². The van der Waals surface area contributed by atoms with Crippen molar-refractivity contribution in [1.29, 1.82) is 0 Å². The molecule has 4 heteroatoms. The van der Waals surface area contributed by atoms with Gasteiger partial charge in [0.05, 0.1) is 11.8 Å². The predicted octanol–water partition coefficient (Wildman–Crippen LogP) is 2.17. The molecular formula is C19H22N2O2. The van der Waals surface area contributed by atoms with Crippen LogP contribution in [0.3, 0.4) is 0 Å². The fourth-order valence-corrected chi connectivity index (χ4v) is 4.57. The van der Waals surface area contributed by atoms with Crippen molar-refractivity contribution in [1.82, 2.24) is 9.80 Å². The van der Waals surface area contributed by atoms with E-state index < -0.39 is 0 Å². The van der Waals surface area contributed by atoms with Crippen LogP contribution in [0.4, 0.5) is 0 Å². The average molecular weight is 310 g/mol. The van der Waals surface area contributed by atoms with Gasteiger partial charge in [0.2, 0.25) is 11.8 Å². The maximum Gasteiger partial charge on any atom is 0.234 e. The Kier molecular flexibility index (Phi) is 3.57. The Morgan fingerprint density at radius 1 is 1.04 bits per heavy atom. The topological polar surface area (TPSA) is 40.6 Å². The van der Waals surface area contributed by atoms with Crippen LogP contribution in [0.15, 0.2) is 36.4 Å². The van der Waals surface area contributed by atoms with Crippen LogP contribution in [0, 0.1) is 11.8 Å². The lowest BCUT2D eigenvalue weighted by atomic mass is 9.87. The van der Waals surface area contributed by atoms with Gasteiger partial charge in [0.1, 0.15) is 0 Å². The molecule has 0 aliphatic carbocycles. The molecular weight excluding hydrogens is 288 g/mol. The number of benzene rings is 1. The first-order valence-electron chi connectivity index (χ1n) is 8.49. The van der Waals surface area contributed by atoms with Gasteiger partial charge < -0.3 is 0 Å². The molecule has 4 nitrogen and oxygen atoms in total. The van der Waals surface area contributed by atoms with Gasteiger partial charge in [-0.05, 0) is 24.9 Å². The molecule has 23 heavy (non-hydrogen) atoms. The van der Waals surface area contributed by atoms with Crippen LogP contribution in [0.2, 0.25) is 0 Å². The highest BCUT2D eigenvalue weighted by molar-refractivity contribution is 6.06. The molecule has 0 bridgehead atoms. The second-order valence-electron chi connectivity index (χ2n) is 6.85. The number of nitrogens with zero attached hydrogens (tertiary/aromatic N) is 2. The number of imide groups is 1. The third-order valence-electron chi connectivity index (χ3n) is 5.66. The van der Waals surface area contributed by atoms with E-state index in [9.17, 15) is 9.59 Å². The van der Waals surface area contributed by atoms with Crippen LogP contribution in [-0.2, 0) is 9.59 Å². The molecule has 3 aliphatic rings. The first-order chi connectivity index (χ1) is 11.2. The van der Waals surface area contributed by atoms with E-state index >= 15 is 0 Å². The van der Waals surface area contributed by atoms with Gasteiger partial charge in [-0.1, -0.05) is 48.9 Å². The first-order valence-corrected chi connectivity index (χ1v) is 8.49. The molecule has 0 aromatic heterocycles. The van der Waals surface area contributed by atoms with E-state index in [0.29, 0.717) is 0 Å². The van der Waals surface area contributed by atoms with Crippen LogP contribution in [0.5, 0.6) is 0 Å². The summed E-state index contributed by atoms with van der Waals surface area (Å²) in [4.78, 5) is 28.9. The molecule has 1 aromatic carbocycles. The Bertz CT molecular complexity index is 655. The summed E-state index contributed by atoms with van der Waals surface area (Å²) >= 11 is 0. The first kappa shape index (κ1) is 14.6. The molecule has 0 unspecified atom stereocenters. The minimum absolute atomic E-state index is 0.00267. The lowest BCUT2D eigenvalue weighted by molar-refractivity contribution is -0.139. The number of piperidine rings is 1. The highest BCUT2D eigenvalue weighted by atomic mass is 16.2. The molecule has 120 valence electrons. The third kappa shape index (κ3) is 2.24. The fourth-order valence-electron chi connectivity index (χ4n) is 4.57. The molecule has 0 saturated carbocycles. The summed E-state index contributed by atoms with van der Waals surface area (Å²) in [5.74, 6) is -0.321. The summed E-state index contributed by atoms with van der Waals surface area (Å²) in [6.45, 7) is 0.992. The van der Waals surface area contributed by atoms with Crippen molar-refractivity contribution < 1.29 is 9.59 Å². The van der Waals surface area contributed by atoms with E-state index in [1.165, 1.54) is 4.90 Å². The van der Waals surface area contributed by atoms with Crippen molar-refractivity contribution in [2.24, 2.45) is 11.8 Å². The largest absolute Gasteiger partial charge is 0.292 e. The maximum atomic E-state index is 12.6. The normalized spacial score (nSPS) is 34.2. The maximum absolute atomic E-state index is 12.6. The molecule has 4 rings (SSSR count). The standard InChI is InChI=1S/C19H22N2O2/c1-20-18(22)16-14-9-5-6-12-21(14)15(17(16)19(20)23)11-10-13-7-3-2-4-8-13/h2-4,7-8,10-11,14-17H,5-6,9,12H2,1H3/b11-10+/t14-,15+,16+,17-/m1/s1. The number of hydrogen-bond acceptors (Lipinski definition) is 3. The van der Waals surface area contributed by atoms with Crippen LogP contribution in [-0.4, -0.2) is 47.3 Å². The zero-order chi connectivity index (χ0) is 16.0. The summed E-state index contributed by atoms with van der Waals surface area (Å²) < 4.78 is 0. The van der Waals surface area contributed by atoms with Gasteiger partial charge >= 0.3 is 0 Å². The quantitative estimate of drug-likeness (QED) is 0.786. The number of rotatable bonds is 2. The number of amides is 2. The van der Waals surface area contributed by atoms with Gasteiger partial charge in [0.15, 0.2) is 0 Å². The second-order valence-corrected chi connectivity index (χ2v) is 6.85. The summed E-state index contributed by atoms with van der Waals surface area (Å²) in [6.07, 6.45) is 7.58. The van der Waals surface area contributed by atoms with Crippen molar-refractivity contribution in [3.05, 3.63) is 42.0 Å². The zero-order valence-corrected chi connectivity index (χ0v) is 13.4. The zero-order valence-electron chi connectivity index (χ0n) is 13.4. The van der Waals surface area contributed by atoms with Gasteiger partial charge in [-0.25, -0.2) is 0 Å². The summed E-state index contributed by atoms with van der Waals surface area (Å²) in [7, 11) is 1.63. The van der Waals surface area contributed by atoms with E-state index in [1.54, 1.807) is 7.05 Å². The minimum Gasteiger partial charge on any atom is -0.292 e. The van der Waals surface area contributed by atoms with E-state index in [-0.39, 0.29) is 35.7 Å². The SMILES string of the molecule is CN1C(=O)[C@@H]2[C@H](C1=O)[C@H](/C=C/c1ccccc1)N1CCCC[C@H]21. The smallest absolute Gasteiger partial charge is 0.234 e. The Balaban J connectivity index is 1.68. The molecule has 0 spiro atoms. The highest BCUT2D eigenvalue weighted by Gasteiger charge is 2.60. The number of carbonyl (C=O) groups excluding carboxylic acids is 2. The molecule has 4 atom stereocenters. The van der Waals surface area contributed by atoms with Crippen molar-refractivity contribution in [2.75, 3.05) is 13.6 Å². The second kappa shape index (κ2) is 5.60. The Morgan fingerprint density at radius 2 is 1.78 bits per heavy atom. The van der Waals surface area contributed by atoms with E-state index in [2.05, 4.69) is 29.2 Å². The Morgan fingerprint density at radius 3 is 2.57 bits per heavy atom. The van der Waals surface area contributed by atoms with Crippen LogP contribution in [0.1, 0.15) is 24.8 Å². The van der Waals surface area contributed by atoms with Crippen LogP contribution >= 0.6 is 0 Å². The van der Waals surface area contributed by atoms with Gasteiger partial charge in [-0.15, -0.1) is 0 Å². The van der Waals surface area contributed by atoms with Gasteiger partial charge in [-0.3, -0.25) is 19.4 Å². The molecule has 1 aromatic rings. The molecule has 0 N–H and O–H groups in total. The van der Waals surface area contributed by atoms with Gasteiger partial charge in [-0.2, -0.15) is 0 Å². The molecule has 3 saturated heterocycles. The fraction of sp³-hybridized carbons (Fsp3) is 0.474. The summed E-state index contributed by atoms with van der Waals surface area (Å²) in [6, 6.07) is 10.4. The van der Waals surface area contributed by atoms with Crippen molar-refractivity contribution in [2.45, 2.75) is 31.3 Å². The molecule has 3 aliphatic heterocycles. The number of fused-ring (bicyclic) bond motifs is 3. The lowest BCUT2D eigenvalue weighted by Gasteiger charge is -2.35. The lowest BCUT2D eigenvalue weighted by Crippen LogP contribution is -2.45. The van der Waals surface area contributed by atoms with Crippen molar-refractivity contribution in [3.8, 4) is 0 Å². The summed E-state index contributed by atoms with van der Waals surface area (Å²) in [5, 5.41) is 0. The molecule has 3 heterocycles. The average Bonchev–Trinajstić information content (AvgIpc) is 3.03. The Labute approximate surface area is 136 Å². The number of likely N-dealkylation sites (tertiary alicyclic amines) is 1. The third-order valence-corrected chi connectivity index (χ3v) is 5.66. The molecule has 3 fully saturated rings. The number of carbonyl (C=O) groups is 2. The van der Waals surface area contributed by atoms with Crippen LogP contribution in [0.25, 0.3) is 6.08 Å². The van der Waals surface area contributed by atoms with Gasteiger partial charge in [0, 0.05) is 19.1 Å². The molecule has 2 amide bonds. The van der Waals surface area contributed by atoms with E-state index in [1.807, 2.05) is 18.2 Å². The van der Waals surface area contributed by atoms with E-state index in [0.717, 1.165) is 31.4 Å². The highest BCUT2D eigenvalue weighted by Crippen LogP contribution is 2.45. The Hall–Kier alpha value is -1.94. The van der Waals surface area contributed by atoms with E-state index in [4.69, 9.17) is 0 Å². The number of hydrogen-bond donors (Lipinski definition) is 0. The summed E-state index contributed by atoms with van der Waals surface area (Å²) in [5.41, 5.74) is 1.13. The van der Waals surface area contributed by atoms with Crippen LogP contribution < -0.4 is 0 Å².